The van der Waals surface area contributed by atoms with Crippen molar-refractivity contribution in [3.63, 3.8) is 0 Å². The number of para-hydroxylation sites is 1. The lowest BCUT2D eigenvalue weighted by molar-refractivity contribution is -0.107. The molecular weight excluding hydrogens is 236 g/mol. The van der Waals surface area contributed by atoms with Crippen molar-refractivity contribution in [3.8, 4) is 5.75 Å². The third-order valence-electron chi connectivity index (χ3n) is 2.91. The number of allylic oxidation sites excluding steroid dienone is 1. The number of carbonyl (C=O) groups is 1. The van der Waals surface area contributed by atoms with E-state index >= 15 is 0 Å². The van der Waals surface area contributed by atoms with Crippen molar-refractivity contribution in [2.75, 3.05) is 6.61 Å². The Morgan fingerprint density at radius 2 is 1.95 bits per heavy atom. The molecule has 0 heterocycles. The molecule has 0 radical (unpaired) electrons. The van der Waals surface area contributed by atoms with Gasteiger partial charge in [0, 0.05) is 12.0 Å². The van der Waals surface area contributed by atoms with Gasteiger partial charge in [0.1, 0.15) is 12.0 Å². The Balaban J connectivity index is 2.45. The van der Waals surface area contributed by atoms with Crippen LogP contribution in [0.15, 0.2) is 30.3 Å². The molecule has 0 N–H and O–H groups in total. The van der Waals surface area contributed by atoms with E-state index in [9.17, 15) is 4.79 Å². The van der Waals surface area contributed by atoms with Gasteiger partial charge in [0.05, 0.1) is 6.61 Å². The van der Waals surface area contributed by atoms with Crippen LogP contribution < -0.4 is 4.74 Å². The fraction of sp³-hybridized carbons (Fsp3) is 0.471. The van der Waals surface area contributed by atoms with Crippen LogP contribution in [0.4, 0.5) is 0 Å². The highest BCUT2D eigenvalue weighted by molar-refractivity contribution is 5.57. The van der Waals surface area contributed by atoms with E-state index in [2.05, 4.69) is 25.1 Å². The minimum atomic E-state index is 0.638. The monoisotopic (exact) mass is 260 g/mol. The van der Waals surface area contributed by atoms with E-state index in [1.807, 2.05) is 18.2 Å². The molecule has 1 aromatic rings. The molecule has 0 bridgehead atoms. The van der Waals surface area contributed by atoms with Crippen molar-refractivity contribution in [2.24, 2.45) is 0 Å². The van der Waals surface area contributed by atoms with Crippen molar-refractivity contribution in [1.82, 2.24) is 0 Å². The number of carbonyl (C=O) groups excluding carboxylic acids is 1. The molecule has 0 amide bonds. The molecule has 0 saturated carbocycles. The molecule has 1 aromatic carbocycles. The molecule has 0 fully saturated rings. The fourth-order valence-electron chi connectivity index (χ4n) is 1.81. The van der Waals surface area contributed by atoms with Gasteiger partial charge in [0.15, 0.2) is 0 Å². The largest absolute Gasteiger partial charge is 0.493 e. The highest BCUT2D eigenvalue weighted by Gasteiger charge is 1.99. The molecule has 2 heteroatoms. The summed E-state index contributed by atoms with van der Waals surface area (Å²) < 4.78 is 5.81. The predicted octanol–water partition coefficient (Wildman–Crippen LogP) is 4.64. The number of hydrogen-bond donors (Lipinski definition) is 0. The lowest BCUT2D eigenvalue weighted by Crippen LogP contribution is -1.98. The summed E-state index contributed by atoms with van der Waals surface area (Å²) in [6, 6.07) is 8.09. The van der Waals surface area contributed by atoms with E-state index in [-0.39, 0.29) is 0 Å². The van der Waals surface area contributed by atoms with Crippen LogP contribution in [-0.2, 0) is 4.79 Å². The SMILES string of the molecule is CCCCCOc1ccccc1C=CCCCC=O. The predicted molar refractivity (Wildman–Crippen MR) is 80.4 cm³/mol. The summed E-state index contributed by atoms with van der Waals surface area (Å²) >= 11 is 0. The summed E-state index contributed by atoms with van der Waals surface area (Å²) in [5.74, 6) is 0.949. The smallest absolute Gasteiger partial charge is 0.126 e. The number of benzene rings is 1. The maximum Gasteiger partial charge on any atom is 0.126 e. The zero-order valence-electron chi connectivity index (χ0n) is 11.8. The first-order chi connectivity index (χ1) is 9.38. The first-order valence-corrected chi connectivity index (χ1v) is 7.20. The summed E-state index contributed by atoms with van der Waals surface area (Å²) in [4.78, 5) is 10.2. The third kappa shape index (κ3) is 6.80. The summed E-state index contributed by atoms with van der Waals surface area (Å²) in [5.41, 5.74) is 1.12. The van der Waals surface area contributed by atoms with Crippen LogP contribution in [-0.4, -0.2) is 12.9 Å². The first-order valence-electron chi connectivity index (χ1n) is 7.20. The van der Waals surface area contributed by atoms with Crippen LogP contribution in [0.5, 0.6) is 5.75 Å². The Bertz CT molecular complexity index is 383. The Kier molecular flexibility index (Phi) is 8.45. The molecule has 0 spiro atoms. The fourth-order valence-corrected chi connectivity index (χ4v) is 1.81. The summed E-state index contributed by atoms with van der Waals surface area (Å²) in [7, 11) is 0. The second-order valence-electron chi connectivity index (χ2n) is 4.59. The average Bonchev–Trinajstić information content (AvgIpc) is 2.45. The first kappa shape index (κ1) is 15.5. The van der Waals surface area contributed by atoms with Gasteiger partial charge in [-0.15, -0.1) is 0 Å². The van der Waals surface area contributed by atoms with Gasteiger partial charge in [-0.05, 0) is 25.3 Å². The maximum absolute atomic E-state index is 10.2. The molecule has 0 aliphatic carbocycles. The molecule has 0 aromatic heterocycles. The second-order valence-corrected chi connectivity index (χ2v) is 4.59. The van der Waals surface area contributed by atoms with Crippen LogP contribution in [0, 0.1) is 0 Å². The molecule has 1 rings (SSSR count). The van der Waals surface area contributed by atoms with E-state index in [0.717, 1.165) is 43.5 Å². The molecule has 0 aliphatic rings. The molecule has 19 heavy (non-hydrogen) atoms. The van der Waals surface area contributed by atoms with Crippen LogP contribution in [0.1, 0.15) is 51.0 Å². The summed E-state index contributed by atoms with van der Waals surface area (Å²) in [5, 5.41) is 0. The van der Waals surface area contributed by atoms with Crippen LogP contribution in [0.25, 0.3) is 6.08 Å². The van der Waals surface area contributed by atoms with Gasteiger partial charge in [-0.25, -0.2) is 0 Å². The minimum Gasteiger partial charge on any atom is -0.493 e. The molecule has 0 saturated heterocycles. The van der Waals surface area contributed by atoms with Gasteiger partial charge in [0.25, 0.3) is 0 Å². The molecular formula is C17H24O2. The molecule has 0 unspecified atom stereocenters. The summed E-state index contributed by atoms with van der Waals surface area (Å²) in [6.45, 7) is 2.97. The average molecular weight is 260 g/mol. The van der Waals surface area contributed by atoms with E-state index in [4.69, 9.17) is 4.74 Å². The van der Waals surface area contributed by atoms with Crippen molar-refractivity contribution in [3.05, 3.63) is 35.9 Å². The lowest BCUT2D eigenvalue weighted by atomic mass is 10.1. The quantitative estimate of drug-likeness (QED) is 0.452. The maximum atomic E-state index is 10.2. The number of unbranched alkanes of at least 4 members (excludes halogenated alkanes) is 4. The zero-order chi connectivity index (χ0) is 13.8. The zero-order valence-corrected chi connectivity index (χ0v) is 11.8. The Morgan fingerprint density at radius 3 is 2.74 bits per heavy atom. The molecule has 0 aliphatic heterocycles. The normalized spacial score (nSPS) is 10.8. The van der Waals surface area contributed by atoms with Gasteiger partial charge < -0.3 is 9.53 Å². The van der Waals surface area contributed by atoms with Gasteiger partial charge in [-0.3, -0.25) is 0 Å². The summed E-state index contributed by atoms with van der Waals surface area (Å²) in [6.07, 6.45) is 11.2. The van der Waals surface area contributed by atoms with E-state index < -0.39 is 0 Å². The van der Waals surface area contributed by atoms with E-state index in [0.29, 0.717) is 6.42 Å². The van der Waals surface area contributed by atoms with E-state index in [1.165, 1.54) is 12.8 Å². The third-order valence-corrected chi connectivity index (χ3v) is 2.91. The minimum absolute atomic E-state index is 0.638. The second kappa shape index (κ2) is 10.4. The number of rotatable bonds is 10. The van der Waals surface area contributed by atoms with Crippen molar-refractivity contribution in [2.45, 2.75) is 45.4 Å². The number of hydrogen-bond acceptors (Lipinski definition) is 2. The van der Waals surface area contributed by atoms with Crippen LogP contribution >= 0.6 is 0 Å². The van der Waals surface area contributed by atoms with Crippen molar-refractivity contribution in [1.29, 1.82) is 0 Å². The van der Waals surface area contributed by atoms with E-state index in [1.54, 1.807) is 0 Å². The van der Waals surface area contributed by atoms with Crippen LogP contribution in [0.3, 0.4) is 0 Å². The van der Waals surface area contributed by atoms with Gasteiger partial charge in [-0.2, -0.15) is 0 Å². The Hall–Kier alpha value is -1.57. The van der Waals surface area contributed by atoms with Gasteiger partial charge in [0.2, 0.25) is 0 Å². The van der Waals surface area contributed by atoms with Crippen LogP contribution in [0.2, 0.25) is 0 Å². The molecule has 2 nitrogen and oxygen atoms in total. The standard InChI is InChI=1S/C17H24O2/c1-2-3-10-15-19-17-13-8-7-12-16(17)11-6-4-5-9-14-18/h6-8,11-14H,2-5,9-10,15H2,1H3. The van der Waals surface area contributed by atoms with Gasteiger partial charge >= 0.3 is 0 Å². The number of aldehydes is 1. The molecule has 104 valence electrons. The van der Waals surface area contributed by atoms with Crippen molar-refractivity contribution >= 4 is 12.4 Å². The highest BCUT2D eigenvalue weighted by atomic mass is 16.5. The lowest BCUT2D eigenvalue weighted by Gasteiger charge is -2.08. The number of ether oxygens (including phenoxy) is 1. The topological polar surface area (TPSA) is 26.3 Å². The Morgan fingerprint density at radius 1 is 1.11 bits per heavy atom. The molecule has 0 atom stereocenters. The van der Waals surface area contributed by atoms with Gasteiger partial charge in [-0.1, -0.05) is 50.1 Å². The highest BCUT2D eigenvalue weighted by Crippen LogP contribution is 2.20. The Labute approximate surface area is 116 Å². The van der Waals surface area contributed by atoms with Crippen molar-refractivity contribution < 1.29 is 9.53 Å².